The number of carbonyl (C=O) groups excluding carboxylic acids is 2. The van der Waals surface area contributed by atoms with Crippen LogP contribution in [0.15, 0.2) is 0 Å². The minimum absolute atomic E-state index is 0.0574. The number of amides is 3. The summed E-state index contributed by atoms with van der Waals surface area (Å²) < 4.78 is 0. The molecule has 2 aliphatic rings. The molecule has 2 fully saturated rings. The van der Waals surface area contributed by atoms with Crippen LogP contribution in [-0.4, -0.2) is 79.0 Å². The van der Waals surface area contributed by atoms with Crippen molar-refractivity contribution < 1.29 is 9.59 Å². The number of nitrogens with zero attached hydrogens (tertiary/aromatic N) is 3. The highest BCUT2D eigenvalue weighted by Gasteiger charge is 2.29. The van der Waals surface area contributed by atoms with Crippen LogP contribution in [0.25, 0.3) is 0 Å². The normalized spacial score (nSPS) is 19.0. The van der Waals surface area contributed by atoms with Gasteiger partial charge in [-0.1, -0.05) is 0 Å². The zero-order chi connectivity index (χ0) is 16.8. The van der Waals surface area contributed by atoms with Crippen molar-refractivity contribution in [2.75, 3.05) is 46.3 Å². The predicted molar refractivity (Wildman–Crippen MR) is 91.3 cm³/mol. The molecule has 0 atom stereocenters. The first kappa shape index (κ1) is 18.0. The van der Waals surface area contributed by atoms with Crippen molar-refractivity contribution in [1.29, 1.82) is 0 Å². The highest BCUT2D eigenvalue weighted by atomic mass is 16.2. The van der Waals surface area contributed by atoms with Crippen LogP contribution in [0, 0.1) is 5.92 Å². The van der Waals surface area contributed by atoms with Gasteiger partial charge in [0.1, 0.15) is 0 Å². The molecule has 1 saturated carbocycles. The highest BCUT2D eigenvalue weighted by Crippen LogP contribution is 2.24. The van der Waals surface area contributed by atoms with Crippen LogP contribution in [0.2, 0.25) is 0 Å². The number of carbonyl (C=O) groups is 2. The Balaban J connectivity index is 1.66. The summed E-state index contributed by atoms with van der Waals surface area (Å²) in [5.41, 5.74) is 0. The van der Waals surface area contributed by atoms with Crippen molar-refractivity contribution in [1.82, 2.24) is 20.0 Å². The number of urea groups is 1. The van der Waals surface area contributed by atoms with Gasteiger partial charge in [-0.05, 0) is 46.6 Å². The summed E-state index contributed by atoms with van der Waals surface area (Å²) in [4.78, 5) is 30.6. The van der Waals surface area contributed by atoms with E-state index in [9.17, 15) is 9.59 Å². The van der Waals surface area contributed by atoms with Gasteiger partial charge in [0.15, 0.2) is 0 Å². The van der Waals surface area contributed by atoms with E-state index in [1.54, 1.807) is 0 Å². The number of likely N-dealkylation sites (N-methyl/N-ethyl adjacent to an activating group) is 1. The summed E-state index contributed by atoms with van der Waals surface area (Å²) in [5.74, 6) is 0.214. The average molecular weight is 324 g/mol. The van der Waals surface area contributed by atoms with E-state index < -0.39 is 0 Å². The van der Waals surface area contributed by atoms with Gasteiger partial charge < -0.3 is 20.0 Å². The van der Waals surface area contributed by atoms with Gasteiger partial charge in [-0.2, -0.15) is 0 Å². The summed E-state index contributed by atoms with van der Waals surface area (Å²) >= 11 is 0. The molecule has 6 nitrogen and oxygen atoms in total. The number of likely N-dealkylation sites (tertiary alicyclic amines) is 1. The number of rotatable bonds is 7. The van der Waals surface area contributed by atoms with Gasteiger partial charge in [0.2, 0.25) is 5.91 Å². The van der Waals surface area contributed by atoms with Gasteiger partial charge in [0.25, 0.3) is 0 Å². The molecule has 0 bridgehead atoms. The van der Waals surface area contributed by atoms with Crippen LogP contribution >= 0.6 is 0 Å². The van der Waals surface area contributed by atoms with Crippen LogP contribution in [0.4, 0.5) is 4.79 Å². The lowest BCUT2D eigenvalue weighted by molar-refractivity contribution is -0.126. The Labute approximate surface area is 140 Å². The van der Waals surface area contributed by atoms with Crippen LogP contribution < -0.4 is 5.32 Å². The lowest BCUT2D eigenvalue weighted by Gasteiger charge is -2.34. The van der Waals surface area contributed by atoms with E-state index >= 15 is 0 Å². The third-order valence-corrected chi connectivity index (χ3v) is 5.10. The molecule has 1 heterocycles. The van der Waals surface area contributed by atoms with Gasteiger partial charge >= 0.3 is 6.03 Å². The topological polar surface area (TPSA) is 55.9 Å². The zero-order valence-electron chi connectivity index (χ0n) is 14.9. The van der Waals surface area contributed by atoms with Gasteiger partial charge in [0.05, 0.1) is 0 Å². The van der Waals surface area contributed by atoms with E-state index in [2.05, 4.69) is 17.3 Å². The molecular weight excluding hydrogens is 292 g/mol. The molecule has 1 aliphatic carbocycles. The molecule has 1 saturated heterocycles. The second kappa shape index (κ2) is 8.52. The lowest BCUT2D eigenvalue weighted by atomic mass is 9.96. The van der Waals surface area contributed by atoms with Crippen molar-refractivity contribution in [3.8, 4) is 0 Å². The Bertz CT molecular complexity index is 399. The monoisotopic (exact) mass is 324 g/mol. The fraction of sp³-hybridized carbons (Fsp3) is 0.882. The lowest BCUT2D eigenvalue weighted by Crippen LogP contribution is -2.48. The molecule has 1 N–H and O–H groups in total. The van der Waals surface area contributed by atoms with Crippen LogP contribution in [0.3, 0.4) is 0 Å². The van der Waals surface area contributed by atoms with Crippen molar-refractivity contribution in [3.63, 3.8) is 0 Å². The number of nitrogens with one attached hydrogen (secondary N) is 1. The maximum atomic E-state index is 12.3. The summed E-state index contributed by atoms with van der Waals surface area (Å²) in [6, 6.07) is 0.848. The maximum Gasteiger partial charge on any atom is 0.319 e. The first-order chi connectivity index (χ1) is 11.1. The molecule has 6 heteroatoms. The second-order valence-electron chi connectivity index (χ2n) is 6.72. The number of piperidine rings is 1. The molecule has 0 spiro atoms. The molecule has 2 rings (SSSR count). The van der Waals surface area contributed by atoms with Crippen molar-refractivity contribution in [2.24, 2.45) is 5.92 Å². The van der Waals surface area contributed by atoms with Crippen molar-refractivity contribution >= 4 is 11.9 Å². The second-order valence-corrected chi connectivity index (χ2v) is 6.72. The van der Waals surface area contributed by atoms with Gasteiger partial charge in [-0.3, -0.25) is 4.79 Å². The fourth-order valence-electron chi connectivity index (χ4n) is 3.22. The van der Waals surface area contributed by atoms with Crippen LogP contribution in [0.1, 0.15) is 39.5 Å². The Kier molecular flexibility index (Phi) is 6.69. The molecule has 23 heavy (non-hydrogen) atoms. The molecule has 132 valence electrons. The van der Waals surface area contributed by atoms with E-state index in [4.69, 9.17) is 0 Å². The van der Waals surface area contributed by atoms with Crippen molar-refractivity contribution in [2.45, 2.75) is 45.6 Å². The minimum atomic E-state index is 0.0574. The molecule has 0 unspecified atom stereocenters. The fourth-order valence-corrected chi connectivity index (χ4v) is 3.22. The number of hydrogen-bond acceptors (Lipinski definition) is 3. The summed E-state index contributed by atoms with van der Waals surface area (Å²) in [6.45, 7) is 8.51. The highest BCUT2D eigenvalue weighted by molar-refractivity contribution is 5.79. The predicted octanol–water partition coefficient (Wildman–Crippen LogP) is 1.37. The Morgan fingerprint density at radius 3 is 2.22 bits per heavy atom. The Hall–Kier alpha value is -1.30. The SMILES string of the molecule is CCN(CC)C(=O)N1CCC(C(=O)NCCN(C)C2CC2)CC1. The molecule has 0 radical (unpaired) electrons. The van der Waals surface area contributed by atoms with Gasteiger partial charge in [0, 0.05) is 51.2 Å². The Morgan fingerprint density at radius 2 is 1.70 bits per heavy atom. The van der Waals surface area contributed by atoms with E-state index in [1.165, 1.54) is 12.8 Å². The standard InChI is InChI=1S/C17H32N4O2/c1-4-20(5-2)17(23)21-11-8-14(9-12-21)16(22)18-10-13-19(3)15-6-7-15/h14-15H,4-13H2,1-3H3,(H,18,22). The summed E-state index contributed by atoms with van der Waals surface area (Å²) in [6.07, 6.45) is 4.14. The van der Waals surface area contributed by atoms with Crippen LogP contribution in [0.5, 0.6) is 0 Å². The van der Waals surface area contributed by atoms with Gasteiger partial charge in [-0.15, -0.1) is 0 Å². The zero-order valence-corrected chi connectivity index (χ0v) is 14.9. The van der Waals surface area contributed by atoms with Crippen molar-refractivity contribution in [3.05, 3.63) is 0 Å². The van der Waals surface area contributed by atoms with E-state index in [0.29, 0.717) is 13.1 Å². The third-order valence-electron chi connectivity index (χ3n) is 5.10. The largest absolute Gasteiger partial charge is 0.355 e. The first-order valence-electron chi connectivity index (χ1n) is 9.08. The smallest absolute Gasteiger partial charge is 0.319 e. The molecule has 0 aromatic rings. The van der Waals surface area contributed by atoms with E-state index in [0.717, 1.165) is 45.1 Å². The summed E-state index contributed by atoms with van der Waals surface area (Å²) in [7, 11) is 2.13. The molecular formula is C17H32N4O2. The minimum Gasteiger partial charge on any atom is -0.355 e. The number of hydrogen-bond donors (Lipinski definition) is 1. The summed E-state index contributed by atoms with van der Waals surface area (Å²) in [5, 5.41) is 3.06. The molecule has 3 amide bonds. The quantitative estimate of drug-likeness (QED) is 0.769. The van der Waals surface area contributed by atoms with E-state index in [1.807, 2.05) is 23.6 Å². The van der Waals surface area contributed by atoms with E-state index in [-0.39, 0.29) is 17.9 Å². The molecule has 1 aliphatic heterocycles. The molecule has 0 aromatic carbocycles. The first-order valence-corrected chi connectivity index (χ1v) is 9.08. The maximum absolute atomic E-state index is 12.3. The molecule has 0 aromatic heterocycles. The Morgan fingerprint density at radius 1 is 1.09 bits per heavy atom. The average Bonchev–Trinajstić information content (AvgIpc) is 3.40. The third kappa shape index (κ3) is 5.09. The van der Waals surface area contributed by atoms with Crippen LogP contribution in [-0.2, 0) is 4.79 Å². The van der Waals surface area contributed by atoms with Gasteiger partial charge in [-0.25, -0.2) is 4.79 Å².